The summed E-state index contributed by atoms with van der Waals surface area (Å²) in [6.45, 7) is 19.1. The molecule has 4 nitrogen and oxygen atoms in total. The summed E-state index contributed by atoms with van der Waals surface area (Å²) in [6.07, 6.45) is 1.04. The Hall–Kier alpha value is 0.491. The molecule has 0 radical (unpaired) electrons. The van der Waals surface area contributed by atoms with Crippen LogP contribution in [0.1, 0.15) is 13.3 Å². The van der Waals surface area contributed by atoms with Crippen molar-refractivity contribution in [3.63, 3.8) is 0 Å². The van der Waals surface area contributed by atoms with Crippen LogP contribution in [-0.4, -0.2) is 45.3 Å². The van der Waals surface area contributed by atoms with Crippen molar-refractivity contribution < 1.29 is 17.4 Å². The Morgan fingerprint density at radius 1 is 0.684 bits per heavy atom. The van der Waals surface area contributed by atoms with Crippen molar-refractivity contribution in [1.29, 1.82) is 0 Å². The van der Waals surface area contributed by atoms with E-state index in [4.69, 9.17) is 17.4 Å². The third kappa shape index (κ3) is 12.0. The lowest BCUT2D eigenvalue weighted by atomic mass is 10.5. The average Bonchev–Trinajstić information content (AvgIpc) is 2.10. The Labute approximate surface area is 122 Å². The highest BCUT2D eigenvalue weighted by Crippen LogP contribution is 2.20. The minimum atomic E-state index is -2.12. The van der Waals surface area contributed by atoms with E-state index in [0.29, 0.717) is 13.2 Å². The van der Waals surface area contributed by atoms with Crippen LogP contribution in [0.4, 0.5) is 0 Å². The molecule has 0 aromatic rings. The molecule has 0 unspecified atom stereocenters. The lowest BCUT2D eigenvalue weighted by Crippen LogP contribution is -2.52. The van der Waals surface area contributed by atoms with Gasteiger partial charge in [0.1, 0.15) is 0 Å². The van der Waals surface area contributed by atoms with Crippen molar-refractivity contribution in [3.05, 3.63) is 0 Å². The molecule has 0 aliphatic carbocycles. The van der Waals surface area contributed by atoms with Gasteiger partial charge in [-0.05, 0) is 52.2 Å². The van der Waals surface area contributed by atoms with Gasteiger partial charge in [-0.25, -0.2) is 0 Å². The summed E-state index contributed by atoms with van der Waals surface area (Å²) in [7, 11) is -5.77. The molecule has 0 aromatic carbocycles. The molecule has 0 saturated heterocycles. The Balaban J connectivity index is 4.12. The number of rotatable bonds is 10. The van der Waals surface area contributed by atoms with Gasteiger partial charge >= 0.3 is 17.1 Å². The Morgan fingerprint density at radius 3 is 1.74 bits per heavy atom. The summed E-state index contributed by atoms with van der Waals surface area (Å²) in [6, 6.07) is 0. The molecule has 0 atom stereocenters. The minimum Gasteiger partial charge on any atom is -0.437 e. The van der Waals surface area contributed by atoms with Crippen molar-refractivity contribution in [2.75, 3.05) is 19.8 Å². The normalized spacial score (nSPS) is 13.9. The van der Waals surface area contributed by atoms with Crippen molar-refractivity contribution in [1.82, 2.24) is 0 Å². The molecule has 0 heterocycles. The Morgan fingerprint density at radius 2 is 1.26 bits per heavy atom. The fourth-order valence-electron chi connectivity index (χ4n) is 1.97. The van der Waals surface area contributed by atoms with Gasteiger partial charge in [-0.3, -0.25) is 0 Å². The van der Waals surface area contributed by atoms with Crippen LogP contribution in [0.15, 0.2) is 0 Å². The summed E-state index contributed by atoms with van der Waals surface area (Å²) in [5.41, 5.74) is 0. The maximum atomic E-state index is 6.22. The molecule has 116 valence electrons. The fraction of sp³-hybridized carbons (Fsp3) is 1.00. The predicted octanol–water partition coefficient (Wildman–Crippen LogP) is 3.70. The van der Waals surface area contributed by atoms with Gasteiger partial charge in [0.05, 0.1) is 13.2 Å². The smallest absolute Gasteiger partial charge is 0.323 e. The monoisotopic (exact) mass is 324 g/mol. The molecule has 0 aromatic heterocycles. The highest BCUT2D eigenvalue weighted by molar-refractivity contribution is 6.85. The molecule has 0 saturated carbocycles. The summed E-state index contributed by atoms with van der Waals surface area (Å²) in [4.78, 5) is 0. The van der Waals surface area contributed by atoms with E-state index in [0.717, 1.165) is 13.0 Å². The second-order valence-electron chi connectivity index (χ2n) is 6.58. The highest BCUT2D eigenvalue weighted by atomic mass is 28.5. The van der Waals surface area contributed by atoms with Gasteiger partial charge in [0.15, 0.2) is 8.32 Å². The molecule has 0 aliphatic heterocycles. The molecule has 0 N–H and O–H groups in total. The summed E-state index contributed by atoms with van der Waals surface area (Å²) >= 11 is 0. The van der Waals surface area contributed by atoms with Crippen LogP contribution >= 0.6 is 0 Å². The molecule has 0 spiro atoms. The van der Waals surface area contributed by atoms with Crippen LogP contribution in [0.2, 0.25) is 45.8 Å². The lowest BCUT2D eigenvalue weighted by Gasteiger charge is -2.36. The number of ether oxygens (including phenoxy) is 1. The first-order valence-corrected chi connectivity index (χ1v) is 16.1. The first kappa shape index (κ1) is 19.5. The molecule has 0 rings (SSSR count). The molecule has 19 heavy (non-hydrogen) atoms. The number of hydrogen-bond acceptors (Lipinski definition) is 4. The van der Waals surface area contributed by atoms with Crippen molar-refractivity contribution in [2.45, 2.75) is 59.2 Å². The van der Waals surface area contributed by atoms with Gasteiger partial charge in [-0.1, -0.05) is 6.92 Å². The topological polar surface area (TPSA) is 36.9 Å². The van der Waals surface area contributed by atoms with E-state index in [2.05, 4.69) is 52.8 Å². The Kier molecular flexibility index (Phi) is 8.27. The summed E-state index contributed by atoms with van der Waals surface area (Å²) in [5, 5.41) is 0. The molecular weight excluding hydrogens is 292 g/mol. The number of hydrogen-bond donors (Lipinski definition) is 0. The summed E-state index contributed by atoms with van der Waals surface area (Å²) < 4.78 is 23.7. The van der Waals surface area contributed by atoms with Gasteiger partial charge in [0.25, 0.3) is 0 Å². The van der Waals surface area contributed by atoms with Crippen LogP contribution in [0, 0.1) is 0 Å². The minimum absolute atomic E-state index is 0.608. The molecule has 0 fully saturated rings. The van der Waals surface area contributed by atoms with E-state index < -0.39 is 25.4 Å². The standard InChI is InChI=1S/C12H32O4Si3/c1-9-10-13-11-12-14-18(5,6)16-19(7,8)15-17(2,3)4/h9-12H2,1-8H3. The Bertz CT molecular complexity index is 252. The molecule has 7 heteroatoms. The van der Waals surface area contributed by atoms with E-state index in [1.807, 2.05) is 0 Å². The maximum Gasteiger partial charge on any atom is 0.323 e. The van der Waals surface area contributed by atoms with Gasteiger partial charge < -0.3 is 17.4 Å². The third-order valence-corrected chi connectivity index (χ3v) is 11.3. The predicted molar refractivity (Wildman–Crippen MR) is 87.5 cm³/mol. The highest BCUT2D eigenvalue weighted by Gasteiger charge is 2.39. The largest absolute Gasteiger partial charge is 0.437 e. The zero-order valence-corrected chi connectivity index (χ0v) is 17.0. The van der Waals surface area contributed by atoms with Crippen molar-refractivity contribution in [3.8, 4) is 0 Å². The van der Waals surface area contributed by atoms with Gasteiger partial charge in [-0.15, -0.1) is 0 Å². The van der Waals surface area contributed by atoms with Crippen LogP contribution in [0.5, 0.6) is 0 Å². The van der Waals surface area contributed by atoms with Crippen LogP contribution in [0.25, 0.3) is 0 Å². The van der Waals surface area contributed by atoms with E-state index in [1.165, 1.54) is 0 Å². The first-order valence-electron chi connectivity index (χ1n) is 7.09. The molecule has 0 aliphatic rings. The van der Waals surface area contributed by atoms with Gasteiger partial charge in [0.2, 0.25) is 0 Å². The quantitative estimate of drug-likeness (QED) is 0.453. The SMILES string of the molecule is CCCOCCO[Si](C)(C)O[Si](C)(C)O[Si](C)(C)C. The van der Waals surface area contributed by atoms with Crippen LogP contribution < -0.4 is 0 Å². The van der Waals surface area contributed by atoms with Crippen molar-refractivity contribution >= 4 is 25.4 Å². The van der Waals surface area contributed by atoms with Gasteiger partial charge in [0, 0.05) is 6.61 Å². The van der Waals surface area contributed by atoms with Gasteiger partial charge in [-0.2, -0.15) is 0 Å². The van der Waals surface area contributed by atoms with E-state index in [1.54, 1.807) is 0 Å². The maximum absolute atomic E-state index is 6.22. The first-order chi connectivity index (χ1) is 8.47. The van der Waals surface area contributed by atoms with E-state index in [-0.39, 0.29) is 0 Å². The molecular formula is C12H32O4Si3. The zero-order valence-electron chi connectivity index (χ0n) is 14.0. The second kappa shape index (κ2) is 8.06. The third-order valence-electron chi connectivity index (χ3n) is 2.07. The molecule has 0 amide bonds. The average molecular weight is 325 g/mol. The van der Waals surface area contributed by atoms with Crippen LogP contribution in [0.3, 0.4) is 0 Å². The van der Waals surface area contributed by atoms with E-state index in [9.17, 15) is 0 Å². The second-order valence-corrected chi connectivity index (χ2v) is 18.3. The lowest BCUT2D eigenvalue weighted by molar-refractivity contribution is 0.0891. The van der Waals surface area contributed by atoms with Crippen molar-refractivity contribution in [2.24, 2.45) is 0 Å². The van der Waals surface area contributed by atoms with Crippen LogP contribution in [-0.2, 0) is 17.4 Å². The summed E-state index contributed by atoms with van der Waals surface area (Å²) in [5.74, 6) is 0. The van der Waals surface area contributed by atoms with E-state index >= 15 is 0 Å². The molecule has 0 bridgehead atoms. The fourth-order valence-corrected chi connectivity index (χ4v) is 14.0. The zero-order chi connectivity index (χ0) is 15.2.